The molecule has 0 saturated heterocycles. The number of nitrogens with two attached hydrogens (primary N) is 1. The minimum atomic E-state index is -0.894. The molecular formula is C16H14FN3O2. The Morgan fingerprint density at radius 3 is 2.73 bits per heavy atom. The topological polar surface area (TPSA) is 81.1 Å². The molecule has 0 radical (unpaired) electrons. The third-order valence-electron chi connectivity index (χ3n) is 3.48. The van der Waals surface area contributed by atoms with Crippen LogP contribution in [-0.2, 0) is 13.3 Å². The Bertz CT molecular complexity index is 906. The Hall–Kier alpha value is -2.73. The molecular weight excluding hydrogens is 285 g/mol. The predicted molar refractivity (Wildman–Crippen MR) is 82.5 cm³/mol. The van der Waals surface area contributed by atoms with Crippen LogP contribution in [0.4, 0.5) is 10.1 Å². The van der Waals surface area contributed by atoms with E-state index in [2.05, 4.69) is 4.98 Å². The van der Waals surface area contributed by atoms with Crippen LogP contribution in [0, 0.1) is 0 Å². The number of nitrogen functional groups attached to an aromatic ring is 1. The number of hydrogen-bond acceptors (Lipinski definition) is 4. The van der Waals surface area contributed by atoms with Crippen LogP contribution in [0.3, 0.4) is 0 Å². The van der Waals surface area contributed by atoms with Gasteiger partial charge in [-0.15, -0.1) is 0 Å². The average molecular weight is 299 g/mol. The van der Waals surface area contributed by atoms with E-state index in [1.165, 1.54) is 10.6 Å². The number of aromatic nitrogens is 2. The van der Waals surface area contributed by atoms with Crippen LogP contribution in [0.2, 0.25) is 0 Å². The van der Waals surface area contributed by atoms with Gasteiger partial charge in [0, 0.05) is 11.3 Å². The van der Waals surface area contributed by atoms with Crippen LogP contribution in [0.25, 0.3) is 16.6 Å². The summed E-state index contributed by atoms with van der Waals surface area (Å²) in [6, 6.07) is 11.5. The summed E-state index contributed by atoms with van der Waals surface area (Å²) in [7, 11) is 0. The summed E-state index contributed by atoms with van der Waals surface area (Å²) in [5.74, 6) is -0.0110. The van der Waals surface area contributed by atoms with E-state index in [-0.39, 0.29) is 12.4 Å². The zero-order valence-corrected chi connectivity index (χ0v) is 11.7. The van der Waals surface area contributed by atoms with E-state index in [4.69, 9.17) is 5.73 Å². The number of benzene rings is 2. The van der Waals surface area contributed by atoms with Gasteiger partial charge in [0.2, 0.25) is 0 Å². The first-order valence-electron chi connectivity index (χ1n) is 6.72. The van der Waals surface area contributed by atoms with Crippen molar-refractivity contribution in [2.24, 2.45) is 0 Å². The molecule has 3 N–H and O–H groups in total. The summed E-state index contributed by atoms with van der Waals surface area (Å²) in [5.41, 5.74) is 7.07. The van der Waals surface area contributed by atoms with Gasteiger partial charge in [-0.1, -0.05) is 18.2 Å². The van der Waals surface area contributed by atoms with Gasteiger partial charge in [-0.2, -0.15) is 0 Å². The molecule has 1 aromatic heterocycles. The number of anilines is 1. The molecule has 22 heavy (non-hydrogen) atoms. The molecule has 5 nitrogen and oxygen atoms in total. The molecule has 3 rings (SSSR count). The number of hydrogen-bond donors (Lipinski definition) is 2. The Morgan fingerprint density at radius 1 is 1.23 bits per heavy atom. The number of fused-ring (bicyclic) bond motifs is 1. The minimum Gasteiger partial charge on any atom is -0.399 e. The fourth-order valence-corrected chi connectivity index (χ4v) is 2.45. The summed E-state index contributed by atoms with van der Waals surface area (Å²) in [5, 5.41) is 9.75. The van der Waals surface area contributed by atoms with E-state index in [1.54, 1.807) is 36.4 Å². The molecule has 0 saturated carbocycles. The lowest BCUT2D eigenvalue weighted by atomic mass is 10.1. The maximum atomic E-state index is 13.4. The van der Waals surface area contributed by atoms with Gasteiger partial charge < -0.3 is 10.8 Å². The lowest BCUT2D eigenvalue weighted by molar-refractivity contribution is 0.281. The van der Waals surface area contributed by atoms with Crippen molar-refractivity contribution in [1.29, 1.82) is 0 Å². The average Bonchev–Trinajstić information content (AvgIpc) is 2.55. The molecule has 2 aromatic carbocycles. The van der Waals surface area contributed by atoms with E-state index >= 15 is 0 Å². The first-order valence-corrected chi connectivity index (χ1v) is 6.72. The third-order valence-corrected chi connectivity index (χ3v) is 3.48. The molecule has 0 atom stereocenters. The van der Waals surface area contributed by atoms with Crippen molar-refractivity contribution in [1.82, 2.24) is 9.55 Å². The van der Waals surface area contributed by atoms with Crippen LogP contribution in [0.15, 0.2) is 47.3 Å². The highest BCUT2D eigenvalue weighted by Gasteiger charge is 2.15. The Kier molecular flexibility index (Phi) is 3.60. The van der Waals surface area contributed by atoms with E-state index in [1.807, 2.05) is 0 Å². The van der Waals surface area contributed by atoms with Crippen molar-refractivity contribution < 1.29 is 9.50 Å². The molecule has 0 aliphatic rings. The highest BCUT2D eigenvalue weighted by molar-refractivity contribution is 5.81. The molecule has 0 aliphatic heterocycles. The van der Waals surface area contributed by atoms with E-state index in [0.29, 0.717) is 27.8 Å². The molecule has 112 valence electrons. The fourth-order valence-electron chi connectivity index (χ4n) is 2.45. The second-order valence-corrected chi connectivity index (χ2v) is 4.87. The SMILES string of the molecule is Nc1ccc2nc(CF)n(-c3ccccc3CO)c(=O)c2c1. The minimum absolute atomic E-state index is 0.0110. The first kappa shape index (κ1) is 14.2. The third kappa shape index (κ3) is 2.23. The number of nitrogens with zero attached hydrogens (tertiary/aromatic N) is 2. The molecule has 0 spiro atoms. The van der Waals surface area contributed by atoms with Gasteiger partial charge in [0.05, 0.1) is 23.2 Å². The van der Waals surface area contributed by atoms with Gasteiger partial charge in [0.25, 0.3) is 5.56 Å². The summed E-state index contributed by atoms with van der Waals surface area (Å²) in [6.07, 6.45) is 0. The zero-order chi connectivity index (χ0) is 15.7. The van der Waals surface area contributed by atoms with Crippen LogP contribution in [0.1, 0.15) is 11.4 Å². The van der Waals surface area contributed by atoms with Gasteiger partial charge in [-0.25, -0.2) is 9.37 Å². The molecule has 0 bridgehead atoms. The van der Waals surface area contributed by atoms with Crippen molar-refractivity contribution in [2.75, 3.05) is 5.73 Å². The van der Waals surface area contributed by atoms with Crippen molar-refractivity contribution in [3.05, 3.63) is 64.2 Å². The summed E-state index contributed by atoms with van der Waals surface area (Å²) in [6.45, 7) is -1.15. The number of alkyl halides is 1. The number of aliphatic hydroxyl groups is 1. The molecule has 0 fully saturated rings. The maximum absolute atomic E-state index is 13.4. The number of halogens is 1. The van der Waals surface area contributed by atoms with Crippen molar-refractivity contribution >= 4 is 16.6 Å². The number of aliphatic hydroxyl groups excluding tert-OH is 1. The van der Waals surface area contributed by atoms with E-state index in [9.17, 15) is 14.3 Å². The standard InChI is InChI=1S/C16H14FN3O2/c17-8-15-19-13-6-5-11(18)7-12(13)16(22)20(15)14-4-2-1-3-10(14)9-21/h1-7,21H,8-9,18H2. The molecule has 0 aliphatic carbocycles. The smallest absolute Gasteiger partial charge is 0.266 e. The summed E-state index contributed by atoms with van der Waals surface area (Å²) < 4.78 is 14.6. The quantitative estimate of drug-likeness (QED) is 0.724. The number of rotatable bonds is 3. The maximum Gasteiger partial charge on any atom is 0.266 e. The van der Waals surface area contributed by atoms with E-state index in [0.717, 1.165) is 0 Å². The molecule has 0 amide bonds. The van der Waals surface area contributed by atoms with Crippen molar-refractivity contribution in [2.45, 2.75) is 13.3 Å². The lowest BCUT2D eigenvalue weighted by Gasteiger charge is -2.14. The second kappa shape index (κ2) is 5.57. The highest BCUT2D eigenvalue weighted by Crippen LogP contribution is 2.19. The normalized spacial score (nSPS) is 11.0. The molecule has 1 heterocycles. The fraction of sp³-hybridized carbons (Fsp3) is 0.125. The van der Waals surface area contributed by atoms with Crippen LogP contribution in [-0.4, -0.2) is 14.7 Å². The largest absolute Gasteiger partial charge is 0.399 e. The van der Waals surface area contributed by atoms with Gasteiger partial charge in [-0.05, 0) is 24.3 Å². The van der Waals surface area contributed by atoms with Gasteiger partial charge in [0.15, 0.2) is 0 Å². The monoisotopic (exact) mass is 299 g/mol. The van der Waals surface area contributed by atoms with Gasteiger partial charge >= 0.3 is 0 Å². The summed E-state index contributed by atoms with van der Waals surface area (Å²) in [4.78, 5) is 16.9. The Labute approximate surface area is 125 Å². The lowest BCUT2D eigenvalue weighted by Crippen LogP contribution is -2.24. The second-order valence-electron chi connectivity index (χ2n) is 4.87. The predicted octanol–water partition coefficient (Wildman–Crippen LogP) is 1.93. The molecule has 0 unspecified atom stereocenters. The Morgan fingerprint density at radius 2 is 2.00 bits per heavy atom. The van der Waals surface area contributed by atoms with Crippen molar-refractivity contribution in [3.8, 4) is 5.69 Å². The van der Waals surface area contributed by atoms with Gasteiger partial charge in [-0.3, -0.25) is 9.36 Å². The molecule has 6 heteroatoms. The van der Waals surface area contributed by atoms with Crippen LogP contribution >= 0.6 is 0 Å². The Balaban J connectivity index is 2.42. The van der Waals surface area contributed by atoms with Crippen LogP contribution in [0.5, 0.6) is 0 Å². The van der Waals surface area contributed by atoms with Gasteiger partial charge in [0.1, 0.15) is 12.5 Å². The van der Waals surface area contributed by atoms with E-state index < -0.39 is 12.2 Å². The first-order chi connectivity index (χ1) is 10.7. The number of para-hydroxylation sites is 1. The highest BCUT2D eigenvalue weighted by atomic mass is 19.1. The molecule has 3 aromatic rings. The zero-order valence-electron chi connectivity index (χ0n) is 11.7. The van der Waals surface area contributed by atoms with Crippen molar-refractivity contribution in [3.63, 3.8) is 0 Å². The summed E-state index contributed by atoms with van der Waals surface area (Å²) >= 11 is 0. The van der Waals surface area contributed by atoms with Crippen LogP contribution < -0.4 is 11.3 Å².